The van der Waals surface area contributed by atoms with E-state index in [1.165, 1.54) is 0 Å². The van der Waals surface area contributed by atoms with E-state index in [0.717, 1.165) is 18.4 Å². The van der Waals surface area contributed by atoms with Gasteiger partial charge in [-0.05, 0) is 18.4 Å². The Bertz CT molecular complexity index is 496. The van der Waals surface area contributed by atoms with E-state index in [4.69, 9.17) is 5.73 Å². The summed E-state index contributed by atoms with van der Waals surface area (Å²) >= 11 is 0. The number of hydrogen-bond donors (Lipinski definition) is 3. The maximum absolute atomic E-state index is 12.0. The van der Waals surface area contributed by atoms with Crippen molar-refractivity contribution >= 4 is 11.9 Å². The van der Waals surface area contributed by atoms with Crippen LogP contribution in [0.2, 0.25) is 0 Å². The lowest BCUT2D eigenvalue weighted by Gasteiger charge is -2.24. The standard InChI is InChI=1S/C16H22N2O3/c17-13(12-6-2-1-3-7-12)10-14(19)18-11-16(15(20)21)8-4-5-9-16/h1-3,6-7,13H,4-5,8-11,17H2,(H,18,19)(H,20,21). The Morgan fingerprint density at radius 2 is 1.86 bits per heavy atom. The molecule has 0 saturated heterocycles. The molecule has 1 amide bonds. The van der Waals surface area contributed by atoms with E-state index in [-0.39, 0.29) is 24.9 Å². The molecule has 0 bridgehead atoms. The molecule has 21 heavy (non-hydrogen) atoms. The fraction of sp³-hybridized carbons (Fsp3) is 0.500. The zero-order valence-electron chi connectivity index (χ0n) is 12.0. The molecule has 2 rings (SSSR count). The van der Waals surface area contributed by atoms with Crippen LogP contribution < -0.4 is 11.1 Å². The number of nitrogens with two attached hydrogens (primary N) is 1. The molecule has 5 heteroatoms. The largest absolute Gasteiger partial charge is 0.481 e. The third-order valence-electron chi connectivity index (χ3n) is 4.27. The van der Waals surface area contributed by atoms with Crippen molar-refractivity contribution in [3.8, 4) is 0 Å². The Kier molecular flexibility index (Phi) is 4.96. The van der Waals surface area contributed by atoms with Gasteiger partial charge in [0, 0.05) is 19.0 Å². The van der Waals surface area contributed by atoms with Crippen LogP contribution in [-0.2, 0) is 9.59 Å². The average Bonchev–Trinajstić information content (AvgIpc) is 2.96. The first-order valence-electron chi connectivity index (χ1n) is 7.34. The number of amides is 1. The van der Waals surface area contributed by atoms with Gasteiger partial charge in [0.2, 0.25) is 5.91 Å². The highest BCUT2D eigenvalue weighted by Gasteiger charge is 2.41. The third kappa shape index (κ3) is 3.82. The molecular weight excluding hydrogens is 268 g/mol. The lowest BCUT2D eigenvalue weighted by Crippen LogP contribution is -2.41. The number of rotatable bonds is 6. The van der Waals surface area contributed by atoms with Gasteiger partial charge in [-0.1, -0.05) is 43.2 Å². The van der Waals surface area contributed by atoms with Crippen molar-refractivity contribution in [2.45, 2.75) is 38.1 Å². The van der Waals surface area contributed by atoms with Gasteiger partial charge in [0.25, 0.3) is 0 Å². The van der Waals surface area contributed by atoms with E-state index < -0.39 is 11.4 Å². The predicted molar refractivity (Wildman–Crippen MR) is 79.5 cm³/mol. The Labute approximate surface area is 124 Å². The number of carbonyl (C=O) groups excluding carboxylic acids is 1. The third-order valence-corrected chi connectivity index (χ3v) is 4.27. The fourth-order valence-corrected chi connectivity index (χ4v) is 2.88. The lowest BCUT2D eigenvalue weighted by molar-refractivity contribution is -0.148. The summed E-state index contributed by atoms with van der Waals surface area (Å²) in [5.74, 6) is -1.01. The molecule has 1 aliphatic rings. The number of benzene rings is 1. The number of carboxylic acid groups (broad SMARTS) is 1. The SMILES string of the molecule is NC(CC(=O)NCC1(C(=O)O)CCCC1)c1ccccc1. The molecule has 0 radical (unpaired) electrons. The van der Waals surface area contributed by atoms with E-state index >= 15 is 0 Å². The van der Waals surface area contributed by atoms with Crippen LogP contribution in [0, 0.1) is 5.41 Å². The maximum atomic E-state index is 12.0. The van der Waals surface area contributed by atoms with Crippen LogP contribution in [0.15, 0.2) is 30.3 Å². The van der Waals surface area contributed by atoms with Crippen molar-refractivity contribution in [2.75, 3.05) is 6.54 Å². The predicted octanol–water partition coefficient (Wildman–Crippen LogP) is 1.84. The Balaban J connectivity index is 1.86. The molecule has 1 aliphatic carbocycles. The van der Waals surface area contributed by atoms with Crippen LogP contribution in [0.4, 0.5) is 0 Å². The molecule has 0 aromatic heterocycles. The first-order chi connectivity index (χ1) is 10.0. The van der Waals surface area contributed by atoms with Crippen LogP contribution in [0.1, 0.15) is 43.7 Å². The number of aliphatic carboxylic acids is 1. The van der Waals surface area contributed by atoms with Crippen molar-refractivity contribution in [2.24, 2.45) is 11.1 Å². The van der Waals surface area contributed by atoms with E-state index in [2.05, 4.69) is 5.32 Å². The topological polar surface area (TPSA) is 92.4 Å². The summed E-state index contributed by atoms with van der Waals surface area (Å²) in [6, 6.07) is 9.06. The van der Waals surface area contributed by atoms with Crippen LogP contribution >= 0.6 is 0 Å². The molecular formula is C16H22N2O3. The van der Waals surface area contributed by atoms with Gasteiger partial charge in [0.1, 0.15) is 0 Å². The summed E-state index contributed by atoms with van der Waals surface area (Å²) in [6.07, 6.45) is 3.25. The molecule has 1 unspecified atom stereocenters. The molecule has 5 nitrogen and oxygen atoms in total. The smallest absolute Gasteiger partial charge is 0.311 e. The van der Waals surface area contributed by atoms with Crippen LogP contribution in [0.25, 0.3) is 0 Å². The van der Waals surface area contributed by atoms with Gasteiger partial charge in [-0.3, -0.25) is 9.59 Å². The molecule has 0 heterocycles. The molecule has 0 spiro atoms. The molecule has 1 aromatic carbocycles. The molecule has 1 aromatic rings. The highest BCUT2D eigenvalue weighted by atomic mass is 16.4. The normalized spacial score (nSPS) is 18.1. The molecule has 114 valence electrons. The van der Waals surface area contributed by atoms with Crippen LogP contribution in [-0.4, -0.2) is 23.5 Å². The van der Waals surface area contributed by atoms with Crippen molar-refractivity contribution < 1.29 is 14.7 Å². The zero-order chi connectivity index (χ0) is 15.3. The highest BCUT2D eigenvalue weighted by molar-refractivity contribution is 5.79. The molecule has 1 saturated carbocycles. The molecule has 1 atom stereocenters. The Hall–Kier alpha value is -1.88. The fourth-order valence-electron chi connectivity index (χ4n) is 2.88. The van der Waals surface area contributed by atoms with Crippen LogP contribution in [0.3, 0.4) is 0 Å². The Morgan fingerprint density at radius 3 is 2.43 bits per heavy atom. The number of nitrogens with one attached hydrogen (secondary N) is 1. The molecule has 0 aliphatic heterocycles. The first-order valence-corrected chi connectivity index (χ1v) is 7.34. The summed E-state index contributed by atoms with van der Waals surface area (Å²) in [5, 5.41) is 12.1. The first kappa shape index (κ1) is 15.5. The van der Waals surface area contributed by atoms with Crippen LogP contribution in [0.5, 0.6) is 0 Å². The zero-order valence-corrected chi connectivity index (χ0v) is 12.0. The quantitative estimate of drug-likeness (QED) is 0.745. The van der Waals surface area contributed by atoms with Gasteiger partial charge in [0.15, 0.2) is 0 Å². The van der Waals surface area contributed by atoms with Crippen molar-refractivity contribution in [1.29, 1.82) is 0 Å². The minimum Gasteiger partial charge on any atom is -0.481 e. The summed E-state index contributed by atoms with van der Waals surface area (Å²) < 4.78 is 0. The lowest BCUT2D eigenvalue weighted by atomic mass is 9.86. The highest BCUT2D eigenvalue weighted by Crippen LogP contribution is 2.37. The maximum Gasteiger partial charge on any atom is 0.311 e. The molecule has 4 N–H and O–H groups in total. The van der Waals surface area contributed by atoms with Crippen molar-refractivity contribution in [3.63, 3.8) is 0 Å². The Morgan fingerprint density at radius 1 is 1.24 bits per heavy atom. The summed E-state index contributed by atoms with van der Waals surface area (Å²) in [7, 11) is 0. The summed E-state index contributed by atoms with van der Waals surface area (Å²) in [4.78, 5) is 23.4. The summed E-state index contributed by atoms with van der Waals surface area (Å²) in [5.41, 5.74) is 6.11. The number of hydrogen-bond acceptors (Lipinski definition) is 3. The second-order valence-electron chi connectivity index (χ2n) is 5.79. The monoisotopic (exact) mass is 290 g/mol. The van der Waals surface area contributed by atoms with Crippen molar-refractivity contribution in [3.05, 3.63) is 35.9 Å². The average molecular weight is 290 g/mol. The van der Waals surface area contributed by atoms with E-state index in [1.54, 1.807) is 0 Å². The van der Waals surface area contributed by atoms with Gasteiger partial charge >= 0.3 is 5.97 Å². The van der Waals surface area contributed by atoms with Gasteiger partial charge in [0.05, 0.1) is 5.41 Å². The van der Waals surface area contributed by atoms with Gasteiger partial charge in [-0.2, -0.15) is 0 Å². The second kappa shape index (κ2) is 6.72. The number of carboxylic acids is 1. The van der Waals surface area contributed by atoms with Gasteiger partial charge in [-0.25, -0.2) is 0 Å². The second-order valence-corrected chi connectivity index (χ2v) is 5.79. The summed E-state index contributed by atoms with van der Waals surface area (Å²) in [6.45, 7) is 0.197. The molecule has 1 fully saturated rings. The van der Waals surface area contributed by atoms with Gasteiger partial charge < -0.3 is 16.2 Å². The van der Waals surface area contributed by atoms with Crippen molar-refractivity contribution in [1.82, 2.24) is 5.32 Å². The number of carbonyl (C=O) groups is 2. The van der Waals surface area contributed by atoms with E-state index in [1.807, 2.05) is 30.3 Å². The van der Waals surface area contributed by atoms with E-state index in [0.29, 0.717) is 12.8 Å². The van der Waals surface area contributed by atoms with E-state index in [9.17, 15) is 14.7 Å². The minimum atomic E-state index is -0.812. The van der Waals surface area contributed by atoms with Gasteiger partial charge in [-0.15, -0.1) is 0 Å². The minimum absolute atomic E-state index is 0.166.